The SMILES string of the molecule is CCc1cnc(CNc2ccc(N)cc2C(=O)O)s1. The molecule has 0 spiro atoms. The van der Waals surface area contributed by atoms with Crippen LogP contribution in [0.2, 0.25) is 0 Å². The minimum absolute atomic E-state index is 0.173. The van der Waals surface area contributed by atoms with Crippen molar-refractivity contribution in [3.63, 3.8) is 0 Å². The van der Waals surface area contributed by atoms with E-state index in [2.05, 4.69) is 17.2 Å². The Morgan fingerprint density at radius 2 is 2.32 bits per heavy atom. The number of aryl methyl sites for hydroxylation is 1. The molecule has 4 N–H and O–H groups in total. The zero-order valence-corrected chi connectivity index (χ0v) is 11.3. The molecule has 2 aromatic rings. The van der Waals surface area contributed by atoms with Gasteiger partial charge in [-0.3, -0.25) is 0 Å². The summed E-state index contributed by atoms with van der Waals surface area (Å²) in [6.45, 7) is 2.59. The number of aromatic nitrogens is 1. The second-order valence-corrected chi connectivity index (χ2v) is 5.24. The standard InChI is InChI=1S/C13H15N3O2S/c1-2-9-6-16-12(19-9)7-15-11-4-3-8(14)5-10(11)13(17)18/h3-6,15H,2,7,14H2,1H3,(H,17,18). The Labute approximate surface area is 115 Å². The van der Waals surface area contributed by atoms with Gasteiger partial charge in [-0.05, 0) is 24.6 Å². The number of nitrogens with two attached hydrogens (primary N) is 1. The van der Waals surface area contributed by atoms with Gasteiger partial charge in [-0.15, -0.1) is 11.3 Å². The minimum atomic E-state index is -0.997. The van der Waals surface area contributed by atoms with Crippen molar-refractivity contribution in [3.8, 4) is 0 Å². The number of benzene rings is 1. The number of anilines is 2. The number of thiazole rings is 1. The van der Waals surface area contributed by atoms with Gasteiger partial charge in [0.05, 0.1) is 12.1 Å². The number of nitrogens with zero attached hydrogens (tertiary/aromatic N) is 1. The van der Waals surface area contributed by atoms with Crippen LogP contribution in [0.1, 0.15) is 27.2 Å². The second kappa shape index (κ2) is 5.71. The van der Waals surface area contributed by atoms with Gasteiger partial charge in [0.15, 0.2) is 0 Å². The summed E-state index contributed by atoms with van der Waals surface area (Å²) in [6, 6.07) is 4.80. The summed E-state index contributed by atoms with van der Waals surface area (Å²) in [5.41, 5.74) is 6.75. The molecule has 19 heavy (non-hydrogen) atoms. The minimum Gasteiger partial charge on any atom is -0.478 e. The van der Waals surface area contributed by atoms with Gasteiger partial charge >= 0.3 is 5.97 Å². The molecule has 100 valence electrons. The van der Waals surface area contributed by atoms with Crippen LogP contribution in [-0.4, -0.2) is 16.1 Å². The Bertz CT molecular complexity index is 595. The quantitative estimate of drug-likeness (QED) is 0.731. The Morgan fingerprint density at radius 3 is 2.95 bits per heavy atom. The van der Waals surface area contributed by atoms with E-state index in [9.17, 15) is 4.79 Å². The fourth-order valence-electron chi connectivity index (χ4n) is 1.66. The molecule has 0 bridgehead atoms. The summed E-state index contributed by atoms with van der Waals surface area (Å²) in [4.78, 5) is 16.6. The molecule has 0 aliphatic rings. The number of aromatic carboxylic acids is 1. The number of carbonyl (C=O) groups is 1. The second-order valence-electron chi connectivity index (χ2n) is 4.04. The molecule has 0 atom stereocenters. The molecule has 1 aromatic carbocycles. The zero-order valence-electron chi connectivity index (χ0n) is 10.5. The Hall–Kier alpha value is -2.08. The number of nitrogen functional groups attached to an aromatic ring is 1. The lowest BCUT2D eigenvalue weighted by Gasteiger charge is -2.08. The molecular weight excluding hydrogens is 262 g/mol. The third kappa shape index (κ3) is 3.23. The van der Waals surface area contributed by atoms with Crippen LogP contribution >= 0.6 is 11.3 Å². The molecule has 0 fully saturated rings. The largest absolute Gasteiger partial charge is 0.478 e. The van der Waals surface area contributed by atoms with Crippen molar-refractivity contribution < 1.29 is 9.90 Å². The maximum atomic E-state index is 11.1. The highest BCUT2D eigenvalue weighted by Crippen LogP contribution is 2.21. The van der Waals surface area contributed by atoms with Crippen LogP contribution in [0, 0.1) is 0 Å². The lowest BCUT2D eigenvalue weighted by molar-refractivity contribution is 0.0698. The van der Waals surface area contributed by atoms with Crippen LogP contribution in [0.5, 0.6) is 0 Å². The molecule has 2 rings (SSSR count). The van der Waals surface area contributed by atoms with Gasteiger partial charge in [0.1, 0.15) is 5.01 Å². The first kappa shape index (κ1) is 13.4. The molecular formula is C13H15N3O2S. The van der Waals surface area contributed by atoms with Gasteiger partial charge in [-0.2, -0.15) is 0 Å². The van der Waals surface area contributed by atoms with E-state index in [0.717, 1.165) is 11.4 Å². The topological polar surface area (TPSA) is 88.2 Å². The molecule has 0 amide bonds. The summed E-state index contributed by atoms with van der Waals surface area (Å²) < 4.78 is 0. The molecule has 1 heterocycles. The normalized spacial score (nSPS) is 10.4. The van der Waals surface area contributed by atoms with Crippen LogP contribution in [0.3, 0.4) is 0 Å². The highest BCUT2D eigenvalue weighted by Gasteiger charge is 2.10. The van der Waals surface area contributed by atoms with E-state index < -0.39 is 5.97 Å². The zero-order chi connectivity index (χ0) is 13.8. The average molecular weight is 277 g/mol. The van der Waals surface area contributed by atoms with Crippen LogP contribution in [0.25, 0.3) is 0 Å². The summed E-state index contributed by atoms with van der Waals surface area (Å²) in [5.74, 6) is -0.997. The van der Waals surface area contributed by atoms with Crippen LogP contribution in [0.4, 0.5) is 11.4 Å². The number of carboxylic acid groups (broad SMARTS) is 1. The van der Waals surface area contributed by atoms with E-state index in [0.29, 0.717) is 17.9 Å². The van der Waals surface area contributed by atoms with Crippen molar-refractivity contribution in [3.05, 3.63) is 39.8 Å². The molecule has 0 aliphatic heterocycles. The highest BCUT2D eigenvalue weighted by molar-refractivity contribution is 7.11. The third-order valence-corrected chi connectivity index (χ3v) is 3.80. The number of carboxylic acids is 1. The average Bonchev–Trinajstić information content (AvgIpc) is 2.85. The Balaban J connectivity index is 2.12. The summed E-state index contributed by atoms with van der Waals surface area (Å²) in [7, 11) is 0. The van der Waals surface area contributed by atoms with E-state index >= 15 is 0 Å². The molecule has 6 heteroatoms. The molecule has 1 aromatic heterocycles. The third-order valence-electron chi connectivity index (χ3n) is 2.65. The fourth-order valence-corrected chi connectivity index (χ4v) is 2.46. The Morgan fingerprint density at radius 1 is 1.53 bits per heavy atom. The van der Waals surface area contributed by atoms with E-state index in [4.69, 9.17) is 10.8 Å². The van der Waals surface area contributed by atoms with E-state index in [1.54, 1.807) is 23.5 Å². The van der Waals surface area contributed by atoms with E-state index in [1.165, 1.54) is 10.9 Å². The van der Waals surface area contributed by atoms with Crippen molar-refractivity contribution in [2.24, 2.45) is 0 Å². The van der Waals surface area contributed by atoms with E-state index in [1.807, 2.05) is 6.20 Å². The van der Waals surface area contributed by atoms with Gasteiger partial charge in [0, 0.05) is 22.4 Å². The van der Waals surface area contributed by atoms with E-state index in [-0.39, 0.29) is 5.56 Å². The smallest absolute Gasteiger partial charge is 0.337 e. The predicted molar refractivity (Wildman–Crippen MR) is 76.6 cm³/mol. The highest BCUT2D eigenvalue weighted by atomic mass is 32.1. The summed E-state index contributed by atoms with van der Waals surface area (Å²) >= 11 is 1.62. The Kier molecular flexibility index (Phi) is 4.01. The molecule has 0 aliphatic carbocycles. The van der Waals surface area contributed by atoms with Gasteiger partial charge in [0.2, 0.25) is 0 Å². The first-order valence-electron chi connectivity index (χ1n) is 5.90. The van der Waals surface area contributed by atoms with Gasteiger partial charge in [-0.1, -0.05) is 6.92 Å². The lowest BCUT2D eigenvalue weighted by Crippen LogP contribution is -2.07. The van der Waals surface area contributed by atoms with Crippen molar-refractivity contribution in [1.82, 2.24) is 4.98 Å². The molecule has 0 saturated heterocycles. The first-order valence-corrected chi connectivity index (χ1v) is 6.72. The van der Waals surface area contributed by atoms with Gasteiger partial charge in [-0.25, -0.2) is 9.78 Å². The number of nitrogens with one attached hydrogen (secondary N) is 1. The van der Waals surface area contributed by atoms with Crippen molar-refractivity contribution >= 4 is 28.7 Å². The monoisotopic (exact) mass is 277 g/mol. The van der Waals surface area contributed by atoms with Crippen LogP contribution < -0.4 is 11.1 Å². The molecule has 0 radical (unpaired) electrons. The van der Waals surface area contributed by atoms with Crippen molar-refractivity contribution in [2.75, 3.05) is 11.1 Å². The fraction of sp³-hybridized carbons (Fsp3) is 0.231. The molecule has 5 nitrogen and oxygen atoms in total. The maximum Gasteiger partial charge on any atom is 0.337 e. The molecule has 0 unspecified atom stereocenters. The first-order chi connectivity index (χ1) is 9.10. The van der Waals surface area contributed by atoms with Crippen molar-refractivity contribution in [1.29, 1.82) is 0 Å². The van der Waals surface area contributed by atoms with Gasteiger partial charge < -0.3 is 16.2 Å². The number of hydrogen-bond donors (Lipinski definition) is 3. The molecule has 0 saturated carbocycles. The van der Waals surface area contributed by atoms with Gasteiger partial charge in [0.25, 0.3) is 0 Å². The van der Waals surface area contributed by atoms with Crippen LogP contribution in [-0.2, 0) is 13.0 Å². The summed E-state index contributed by atoms with van der Waals surface area (Å²) in [6.07, 6.45) is 2.81. The van der Waals surface area contributed by atoms with Crippen LogP contribution in [0.15, 0.2) is 24.4 Å². The number of rotatable bonds is 5. The maximum absolute atomic E-state index is 11.1. The predicted octanol–water partition coefficient (Wildman–Crippen LogP) is 2.60. The number of hydrogen-bond acceptors (Lipinski definition) is 5. The van der Waals surface area contributed by atoms with Crippen molar-refractivity contribution in [2.45, 2.75) is 19.9 Å². The lowest BCUT2D eigenvalue weighted by atomic mass is 10.1. The summed E-state index contributed by atoms with van der Waals surface area (Å²) in [5, 5.41) is 13.1.